The molecule has 1 aliphatic heterocycles. The smallest absolute Gasteiger partial charge is 0.254 e. The van der Waals surface area contributed by atoms with Gasteiger partial charge in [0.15, 0.2) is 0 Å². The van der Waals surface area contributed by atoms with Gasteiger partial charge in [-0.15, -0.1) is 0 Å². The molecule has 4 nitrogen and oxygen atoms in total. The van der Waals surface area contributed by atoms with Gasteiger partial charge in [0.25, 0.3) is 5.91 Å². The summed E-state index contributed by atoms with van der Waals surface area (Å²) in [5.41, 5.74) is 3.62. The van der Waals surface area contributed by atoms with E-state index >= 15 is 0 Å². The fraction of sp³-hybridized carbons (Fsp3) is 0.273. The van der Waals surface area contributed by atoms with Crippen LogP contribution in [0.2, 0.25) is 0 Å². The van der Waals surface area contributed by atoms with E-state index in [9.17, 15) is 9.59 Å². The average Bonchev–Trinajstić information content (AvgIpc) is 2.93. The molecule has 3 aromatic rings. The van der Waals surface area contributed by atoms with Crippen LogP contribution in [0.4, 0.5) is 0 Å². The number of hydrogen-bond donors (Lipinski definition) is 1. The number of nitrogens with one attached hydrogen (secondary N) is 1. The molecule has 5 heteroatoms. The summed E-state index contributed by atoms with van der Waals surface area (Å²) >= 11 is 1.91. The number of nitrogens with zero attached hydrogens (tertiary/aromatic N) is 1. The second kappa shape index (κ2) is 7.61. The fourth-order valence-corrected chi connectivity index (χ4v) is 5.05. The van der Waals surface area contributed by atoms with Crippen molar-refractivity contribution in [2.24, 2.45) is 0 Å². The molecule has 0 radical (unpaired) electrons. The van der Waals surface area contributed by atoms with Crippen molar-refractivity contribution in [2.45, 2.75) is 18.6 Å². The first-order valence-electron chi connectivity index (χ1n) is 9.22. The second-order valence-corrected chi connectivity index (χ2v) is 8.20. The number of benzene rings is 2. The van der Waals surface area contributed by atoms with E-state index in [-0.39, 0.29) is 11.5 Å². The Morgan fingerprint density at radius 2 is 1.89 bits per heavy atom. The number of fused-ring (bicyclic) bond motifs is 1. The highest BCUT2D eigenvalue weighted by Gasteiger charge is 2.24. The van der Waals surface area contributed by atoms with Crippen molar-refractivity contribution < 1.29 is 4.79 Å². The third kappa shape index (κ3) is 3.65. The highest BCUT2D eigenvalue weighted by molar-refractivity contribution is 7.99. The number of H-pyrrole nitrogens is 1. The number of aromatic amines is 1. The van der Waals surface area contributed by atoms with Gasteiger partial charge in [-0.3, -0.25) is 9.59 Å². The third-order valence-electron chi connectivity index (χ3n) is 5.14. The maximum Gasteiger partial charge on any atom is 0.254 e. The standard InChI is InChI=1S/C22H22N2O2S/c1-15-6-2-3-7-16(15)20-10-11-24(12-13-27-20)22(26)18-14-21(25)23-19-9-5-4-8-17(18)19/h2-9,14,20H,10-13H2,1H3,(H,23,25). The number of carbonyl (C=O) groups excluding carboxylic acids is 1. The molecule has 0 aliphatic carbocycles. The van der Waals surface area contributed by atoms with Gasteiger partial charge in [0.05, 0.1) is 5.56 Å². The van der Waals surface area contributed by atoms with Gasteiger partial charge >= 0.3 is 0 Å². The van der Waals surface area contributed by atoms with Gasteiger partial charge in [-0.25, -0.2) is 0 Å². The summed E-state index contributed by atoms with van der Waals surface area (Å²) in [6.45, 7) is 3.55. The minimum absolute atomic E-state index is 0.0525. The first-order valence-corrected chi connectivity index (χ1v) is 10.3. The van der Waals surface area contributed by atoms with Crippen LogP contribution >= 0.6 is 11.8 Å². The Bertz CT molecular complexity index is 1040. The van der Waals surface area contributed by atoms with Gasteiger partial charge in [0, 0.05) is 41.1 Å². The van der Waals surface area contributed by atoms with Crippen LogP contribution in [0.15, 0.2) is 59.4 Å². The summed E-state index contributed by atoms with van der Waals surface area (Å²) in [5, 5.41) is 1.20. The summed E-state index contributed by atoms with van der Waals surface area (Å²) in [7, 11) is 0. The predicted octanol–water partition coefficient (Wildman–Crippen LogP) is 4.16. The summed E-state index contributed by atoms with van der Waals surface area (Å²) in [5.74, 6) is 0.842. The number of para-hydroxylation sites is 1. The molecule has 1 aromatic heterocycles. The maximum atomic E-state index is 13.2. The van der Waals surface area contributed by atoms with Crippen molar-refractivity contribution in [3.63, 3.8) is 0 Å². The van der Waals surface area contributed by atoms with E-state index in [2.05, 4.69) is 36.2 Å². The summed E-state index contributed by atoms with van der Waals surface area (Å²) in [4.78, 5) is 29.9. The van der Waals surface area contributed by atoms with Crippen LogP contribution in [0, 0.1) is 6.92 Å². The number of rotatable bonds is 2. The van der Waals surface area contributed by atoms with Crippen LogP contribution in [0.5, 0.6) is 0 Å². The molecular weight excluding hydrogens is 356 g/mol. The van der Waals surface area contributed by atoms with Gasteiger partial charge in [-0.2, -0.15) is 11.8 Å². The third-order valence-corrected chi connectivity index (χ3v) is 6.46. The number of pyridine rings is 1. The fourth-order valence-electron chi connectivity index (χ4n) is 3.72. The normalized spacial score (nSPS) is 17.7. The van der Waals surface area contributed by atoms with Gasteiger partial charge in [-0.05, 0) is 30.5 Å². The van der Waals surface area contributed by atoms with Gasteiger partial charge in [-0.1, -0.05) is 42.5 Å². The van der Waals surface area contributed by atoms with Crippen LogP contribution in [0.1, 0.15) is 33.2 Å². The second-order valence-electron chi connectivity index (χ2n) is 6.89. The lowest BCUT2D eigenvalue weighted by Gasteiger charge is -2.21. The zero-order valence-corrected chi connectivity index (χ0v) is 16.1. The van der Waals surface area contributed by atoms with E-state index in [1.807, 2.05) is 40.9 Å². The molecule has 1 atom stereocenters. The molecule has 1 unspecified atom stereocenters. The molecule has 2 aromatic carbocycles. The SMILES string of the molecule is Cc1ccccc1C1CCN(C(=O)c2cc(=O)[nH]c3ccccc23)CCS1. The van der Waals surface area contributed by atoms with E-state index in [4.69, 9.17) is 0 Å². The molecule has 1 N–H and O–H groups in total. The molecule has 0 spiro atoms. The van der Waals surface area contributed by atoms with Crippen LogP contribution in [-0.4, -0.2) is 34.6 Å². The lowest BCUT2D eigenvalue weighted by Crippen LogP contribution is -2.33. The van der Waals surface area contributed by atoms with Gasteiger partial charge in [0.2, 0.25) is 5.56 Å². The number of hydrogen-bond acceptors (Lipinski definition) is 3. The maximum absolute atomic E-state index is 13.2. The average molecular weight is 378 g/mol. The monoisotopic (exact) mass is 378 g/mol. The van der Waals surface area contributed by atoms with Crippen molar-refractivity contribution in [1.29, 1.82) is 0 Å². The Morgan fingerprint density at radius 1 is 1.11 bits per heavy atom. The zero-order valence-electron chi connectivity index (χ0n) is 15.3. The Labute approximate surface area is 162 Å². The molecule has 2 heterocycles. The molecule has 1 amide bonds. The Hall–Kier alpha value is -2.53. The van der Waals surface area contributed by atoms with Crippen molar-refractivity contribution in [3.8, 4) is 0 Å². The van der Waals surface area contributed by atoms with Gasteiger partial charge < -0.3 is 9.88 Å². The molecule has 27 heavy (non-hydrogen) atoms. The number of aryl methyl sites for hydroxylation is 1. The minimum Gasteiger partial charge on any atom is -0.338 e. The quantitative estimate of drug-likeness (QED) is 0.729. The number of aromatic nitrogens is 1. The van der Waals surface area contributed by atoms with Crippen LogP contribution in [0.3, 0.4) is 0 Å². The van der Waals surface area contributed by atoms with Crippen molar-refractivity contribution in [3.05, 3.63) is 81.6 Å². The van der Waals surface area contributed by atoms with Crippen LogP contribution in [0.25, 0.3) is 10.9 Å². The minimum atomic E-state index is -0.237. The molecule has 1 fully saturated rings. The lowest BCUT2D eigenvalue weighted by atomic mass is 10.0. The highest BCUT2D eigenvalue weighted by Crippen LogP contribution is 2.36. The number of amides is 1. The van der Waals surface area contributed by atoms with E-state index < -0.39 is 0 Å². The molecule has 1 aliphatic rings. The van der Waals surface area contributed by atoms with Gasteiger partial charge in [0.1, 0.15) is 0 Å². The zero-order chi connectivity index (χ0) is 18.8. The summed E-state index contributed by atoms with van der Waals surface area (Å²) < 4.78 is 0. The summed E-state index contributed by atoms with van der Waals surface area (Å²) in [6.07, 6.45) is 0.919. The number of carbonyl (C=O) groups is 1. The molecule has 4 rings (SSSR count). The Balaban J connectivity index is 1.59. The largest absolute Gasteiger partial charge is 0.338 e. The van der Waals surface area contributed by atoms with E-state index in [0.717, 1.165) is 17.6 Å². The molecule has 1 saturated heterocycles. The highest BCUT2D eigenvalue weighted by atomic mass is 32.2. The van der Waals surface area contributed by atoms with Crippen molar-refractivity contribution in [2.75, 3.05) is 18.8 Å². The van der Waals surface area contributed by atoms with Crippen LogP contribution < -0.4 is 5.56 Å². The molecule has 0 saturated carbocycles. The van der Waals surface area contributed by atoms with E-state index in [1.165, 1.54) is 17.2 Å². The van der Waals surface area contributed by atoms with E-state index in [0.29, 0.717) is 29.4 Å². The van der Waals surface area contributed by atoms with Crippen molar-refractivity contribution in [1.82, 2.24) is 9.88 Å². The Morgan fingerprint density at radius 3 is 2.74 bits per heavy atom. The molecular formula is C22H22N2O2S. The van der Waals surface area contributed by atoms with Crippen molar-refractivity contribution >= 4 is 28.6 Å². The predicted molar refractivity (Wildman–Crippen MR) is 111 cm³/mol. The topological polar surface area (TPSA) is 53.2 Å². The number of thioether (sulfide) groups is 1. The molecule has 138 valence electrons. The first kappa shape index (κ1) is 17.9. The Kier molecular flexibility index (Phi) is 5.03. The molecule has 0 bridgehead atoms. The summed E-state index contributed by atoms with van der Waals surface area (Å²) in [6, 6.07) is 17.4. The van der Waals surface area contributed by atoms with Crippen LogP contribution in [-0.2, 0) is 0 Å². The first-order chi connectivity index (χ1) is 13.1. The lowest BCUT2D eigenvalue weighted by molar-refractivity contribution is 0.0768. The van der Waals surface area contributed by atoms with E-state index in [1.54, 1.807) is 0 Å².